The molecular formula is C17H25N5O2S. The molecule has 2 aromatic heterocycles. The number of nitrogens with zero attached hydrogens (tertiary/aromatic N) is 5. The highest BCUT2D eigenvalue weighted by Crippen LogP contribution is 2.24. The van der Waals surface area contributed by atoms with Gasteiger partial charge in [-0.2, -0.15) is 22.1 Å². The predicted octanol–water partition coefficient (Wildman–Crippen LogP) is 1.54. The van der Waals surface area contributed by atoms with Crippen LogP contribution in [0.15, 0.2) is 30.6 Å². The monoisotopic (exact) mass is 363 g/mol. The molecule has 1 aliphatic rings. The summed E-state index contributed by atoms with van der Waals surface area (Å²) in [5.74, 6) is 0.498. The number of hydrogen-bond donors (Lipinski definition) is 0. The van der Waals surface area contributed by atoms with Gasteiger partial charge in [-0.15, -0.1) is 0 Å². The average Bonchev–Trinajstić information content (AvgIpc) is 3.02. The fraction of sp³-hybridized carbons (Fsp3) is 0.529. The molecule has 0 bridgehead atoms. The molecule has 8 heteroatoms. The summed E-state index contributed by atoms with van der Waals surface area (Å²) in [4.78, 5) is 4.55. The third-order valence-corrected chi connectivity index (χ3v) is 6.73. The van der Waals surface area contributed by atoms with Gasteiger partial charge in [0.05, 0.1) is 11.4 Å². The van der Waals surface area contributed by atoms with E-state index in [4.69, 9.17) is 0 Å². The summed E-state index contributed by atoms with van der Waals surface area (Å²) in [6.07, 6.45) is 6.40. The molecular weight excluding hydrogens is 338 g/mol. The van der Waals surface area contributed by atoms with Crippen LogP contribution in [-0.2, 0) is 23.7 Å². The third-order valence-electron chi connectivity index (χ3n) is 4.79. The average molecular weight is 363 g/mol. The van der Waals surface area contributed by atoms with Gasteiger partial charge in [-0.05, 0) is 42.9 Å². The van der Waals surface area contributed by atoms with E-state index >= 15 is 0 Å². The molecule has 0 spiro atoms. The van der Waals surface area contributed by atoms with Gasteiger partial charge in [-0.3, -0.25) is 9.67 Å². The van der Waals surface area contributed by atoms with Crippen molar-refractivity contribution in [3.8, 4) is 11.4 Å². The standard InChI is InChI=1S/C17H25N5O2S/c1-20(2)25(23,24)22-10-7-14(8-11-22)12-15-4-5-16(18-13-15)17-6-9-19-21(17)3/h4-6,9,13-14H,7-8,10-12H2,1-3H3. The molecule has 0 radical (unpaired) electrons. The largest absolute Gasteiger partial charge is 0.281 e. The molecule has 2 aromatic rings. The third kappa shape index (κ3) is 3.91. The Morgan fingerprint density at radius 3 is 2.44 bits per heavy atom. The second-order valence-corrected chi connectivity index (χ2v) is 8.87. The van der Waals surface area contributed by atoms with E-state index in [2.05, 4.69) is 16.1 Å². The summed E-state index contributed by atoms with van der Waals surface area (Å²) in [7, 11) is 1.78. The van der Waals surface area contributed by atoms with Crippen LogP contribution in [0.25, 0.3) is 11.4 Å². The molecule has 0 N–H and O–H groups in total. The van der Waals surface area contributed by atoms with Crippen LogP contribution in [0.3, 0.4) is 0 Å². The van der Waals surface area contributed by atoms with Crippen molar-refractivity contribution in [1.82, 2.24) is 23.4 Å². The Morgan fingerprint density at radius 1 is 1.20 bits per heavy atom. The highest BCUT2D eigenvalue weighted by molar-refractivity contribution is 7.86. The van der Waals surface area contributed by atoms with Gasteiger partial charge in [-0.1, -0.05) is 6.07 Å². The Bertz CT molecular complexity index is 806. The lowest BCUT2D eigenvalue weighted by Crippen LogP contribution is -2.44. The molecule has 1 aliphatic heterocycles. The first-order chi connectivity index (χ1) is 11.9. The van der Waals surface area contributed by atoms with E-state index in [1.54, 1.807) is 24.6 Å². The zero-order valence-corrected chi connectivity index (χ0v) is 15.8. The SMILES string of the molecule is CN(C)S(=O)(=O)N1CCC(Cc2ccc(-c3ccnn3C)nc2)CC1. The molecule has 25 heavy (non-hydrogen) atoms. The first-order valence-electron chi connectivity index (χ1n) is 8.49. The van der Waals surface area contributed by atoms with Crippen molar-refractivity contribution in [2.24, 2.45) is 13.0 Å². The lowest BCUT2D eigenvalue weighted by molar-refractivity contribution is 0.262. The molecule has 3 rings (SSSR count). The second kappa shape index (κ2) is 7.23. The number of aromatic nitrogens is 3. The minimum atomic E-state index is -3.28. The molecule has 3 heterocycles. The van der Waals surface area contributed by atoms with E-state index in [0.29, 0.717) is 19.0 Å². The van der Waals surface area contributed by atoms with Crippen LogP contribution in [-0.4, -0.2) is 59.0 Å². The molecule has 7 nitrogen and oxygen atoms in total. The molecule has 0 aliphatic carbocycles. The summed E-state index contributed by atoms with van der Waals surface area (Å²) in [5.41, 5.74) is 3.10. The maximum absolute atomic E-state index is 12.2. The van der Waals surface area contributed by atoms with E-state index in [-0.39, 0.29) is 0 Å². The summed E-state index contributed by atoms with van der Waals surface area (Å²) in [6.45, 7) is 1.18. The van der Waals surface area contributed by atoms with Crippen molar-refractivity contribution < 1.29 is 8.42 Å². The van der Waals surface area contributed by atoms with E-state index in [0.717, 1.165) is 30.7 Å². The molecule has 0 saturated carbocycles. The van der Waals surface area contributed by atoms with E-state index in [1.807, 2.05) is 30.1 Å². The lowest BCUT2D eigenvalue weighted by Gasteiger charge is -2.32. The Labute approximate surface area is 149 Å². The van der Waals surface area contributed by atoms with Crippen LogP contribution in [0.4, 0.5) is 0 Å². The smallest absolute Gasteiger partial charge is 0.266 e. The van der Waals surface area contributed by atoms with Crippen LogP contribution in [0.1, 0.15) is 18.4 Å². The molecule has 0 unspecified atom stereocenters. The molecule has 1 saturated heterocycles. The summed E-state index contributed by atoms with van der Waals surface area (Å²) < 4.78 is 29.0. The number of piperidine rings is 1. The number of rotatable bonds is 5. The minimum Gasteiger partial charge on any atom is -0.266 e. The van der Waals surface area contributed by atoms with Gasteiger partial charge in [0.15, 0.2) is 0 Å². The molecule has 136 valence electrons. The summed E-state index contributed by atoms with van der Waals surface area (Å²) in [5, 5.41) is 4.17. The van der Waals surface area contributed by atoms with E-state index in [1.165, 1.54) is 9.87 Å². The van der Waals surface area contributed by atoms with Gasteiger partial charge >= 0.3 is 0 Å². The quantitative estimate of drug-likeness (QED) is 0.808. The van der Waals surface area contributed by atoms with Crippen molar-refractivity contribution in [1.29, 1.82) is 0 Å². The normalized spacial score (nSPS) is 17.3. The predicted molar refractivity (Wildman–Crippen MR) is 97.0 cm³/mol. The van der Waals surface area contributed by atoms with Crippen molar-refractivity contribution in [2.45, 2.75) is 19.3 Å². The van der Waals surface area contributed by atoms with Gasteiger partial charge in [0.2, 0.25) is 0 Å². The lowest BCUT2D eigenvalue weighted by atomic mass is 9.91. The first kappa shape index (κ1) is 18.0. The van der Waals surface area contributed by atoms with Crippen LogP contribution in [0.2, 0.25) is 0 Å². The molecule has 0 aromatic carbocycles. The zero-order valence-electron chi connectivity index (χ0n) is 15.0. The fourth-order valence-electron chi connectivity index (χ4n) is 3.23. The zero-order chi connectivity index (χ0) is 18.0. The highest BCUT2D eigenvalue weighted by Gasteiger charge is 2.29. The minimum absolute atomic E-state index is 0.498. The van der Waals surface area contributed by atoms with Crippen LogP contribution >= 0.6 is 0 Å². The topological polar surface area (TPSA) is 71.3 Å². The Kier molecular flexibility index (Phi) is 5.21. The maximum Gasteiger partial charge on any atom is 0.281 e. The summed E-state index contributed by atoms with van der Waals surface area (Å²) >= 11 is 0. The van der Waals surface area contributed by atoms with Crippen LogP contribution in [0, 0.1) is 5.92 Å². The number of hydrogen-bond acceptors (Lipinski definition) is 4. The van der Waals surface area contributed by atoms with Gasteiger partial charge in [-0.25, -0.2) is 0 Å². The second-order valence-electron chi connectivity index (χ2n) is 6.73. The Morgan fingerprint density at radius 2 is 1.92 bits per heavy atom. The van der Waals surface area contributed by atoms with Crippen LogP contribution in [0.5, 0.6) is 0 Å². The Balaban J connectivity index is 1.59. The number of pyridine rings is 1. The van der Waals surface area contributed by atoms with Gasteiger partial charge in [0.25, 0.3) is 10.2 Å². The van der Waals surface area contributed by atoms with Gasteiger partial charge in [0.1, 0.15) is 0 Å². The van der Waals surface area contributed by atoms with Crippen LogP contribution < -0.4 is 0 Å². The summed E-state index contributed by atoms with van der Waals surface area (Å²) in [6, 6.07) is 6.08. The van der Waals surface area contributed by atoms with E-state index in [9.17, 15) is 8.42 Å². The highest BCUT2D eigenvalue weighted by atomic mass is 32.2. The van der Waals surface area contributed by atoms with Crippen molar-refractivity contribution in [2.75, 3.05) is 27.2 Å². The van der Waals surface area contributed by atoms with Crippen molar-refractivity contribution in [3.63, 3.8) is 0 Å². The van der Waals surface area contributed by atoms with E-state index < -0.39 is 10.2 Å². The molecule has 1 fully saturated rings. The van der Waals surface area contributed by atoms with Crippen molar-refractivity contribution >= 4 is 10.2 Å². The van der Waals surface area contributed by atoms with Crippen molar-refractivity contribution in [3.05, 3.63) is 36.2 Å². The first-order valence-corrected chi connectivity index (χ1v) is 9.88. The van der Waals surface area contributed by atoms with Gasteiger partial charge < -0.3 is 0 Å². The molecule has 0 amide bonds. The molecule has 0 atom stereocenters. The number of aryl methyl sites for hydroxylation is 1. The Hall–Kier alpha value is -1.77. The van der Waals surface area contributed by atoms with Gasteiger partial charge in [0, 0.05) is 46.6 Å². The fourth-order valence-corrected chi connectivity index (χ4v) is 4.36. The maximum atomic E-state index is 12.2.